The first-order chi connectivity index (χ1) is 12.1. The highest BCUT2D eigenvalue weighted by molar-refractivity contribution is 7.22. The molecular weight excluding hydrogens is 338 g/mol. The molecule has 0 aliphatic rings. The zero-order valence-corrected chi connectivity index (χ0v) is 14.0. The topological polar surface area (TPSA) is 99.8 Å². The van der Waals surface area contributed by atoms with E-state index in [1.54, 1.807) is 18.3 Å². The molecule has 0 radical (unpaired) electrons. The number of benzene rings is 2. The zero-order chi connectivity index (χ0) is 17.4. The number of aromatic nitrogens is 3. The summed E-state index contributed by atoms with van der Waals surface area (Å²) in [6, 6.07) is 10.8. The number of carbonyl (C=O) groups is 2. The Balaban J connectivity index is 1.63. The van der Waals surface area contributed by atoms with Gasteiger partial charge in [-0.2, -0.15) is 5.10 Å². The summed E-state index contributed by atoms with van der Waals surface area (Å²) < 4.78 is 0.876. The number of para-hydroxylation sites is 1. The van der Waals surface area contributed by atoms with Crippen molar-refractivity contribution in [1.82, 2.24) is 15.2 Å². The fourth-order valence-electron chi connectivity index (χ4n) is 2.58. The Hall–Kier alpha value is -3.26. The number of aromatic amines is 1. The predicted molar refractivity (Wildman–Crippen MR) is 98.0 cm³/mol. The van der Waals surface area contributed by atoms with Gasteiger partial charge in [0, 0.05) is 18.0 Å². The van der Waals surface area contributed by atoms with E-state index in [-0.39, 0.29) is 11.8 Å². The van der Waals surface area contributed by atoms with Crippen LogP contribution in [0, 0.1) is 0 Å². The summed E-state index contributed by atoms with van der Waals surface area (Å²) in [4.78, 5) is 28.1. The first kappa shape index (κ1) is 15.3. The molecule has 3 N–H and O–H groups in total. The maximum Gasteiger partial charge on any atom is 0.259 e. The molecule has 2 amide bonds. The maximum atomic E-state index is 12.6. The highest BCUT2D eigenvalue weighted by Crippen LogP contribution is 2.29. The number of thiazole rings is 1. The van der Waals surface area contributed by atoms with Gasteiger partial charge in [0.15, 0.2) is 5.13 Å². The van der Waals surface area contributed by atoms with Gasteiger partial charge in [-0.25, -0.2) is 4.98 Å². The van der Waals surface area contributed by atoms with Crippen LogP contribution in [-0.2, 0) is 4.79 Å². The van der Waals surface area contributed by atoms with E-state index < -0.39 is 0 Å². The minimum absolute atomic E-state index is 0.134. The maximum absolute atomic E-state index is 12.6. The predicted octanol–water partition coefficient (Wildman–Crippen LogP) is 3.38. The largest absolute Gasteiger partial charge is 0.326 e. The van der Waals surface area contributed by atoms with Gasteiger partial charge >= 0.3 is 0 Å². The first-order valence-corrected chi connectivity index (χ1v) is 8.33. The Bertz CT molecular complexity index is 1110. The smallest absolute Gasteiger partial charge is 0.259 e. The number of anilines is 2. The molecule has 0 spiro atoms. The van der Waals surface area contributed by atoms with E-state index in [9.17, 15) is 9.59 Å². The zero-order valence-electron chi connectivity index (χ0n) is 13.2. The third-order valence-corrected chi connectivity index (χ3v) is 4.58. The van der Waals surface area contributed by atoms with Crippen molar-refractivity contribution < 1.29 is 9.59 Å². The van der Waals surface area contributed by atoms with Crippen LogP contribution in [0.2, 0.25) is 0 Å². The molecule has 0 atom stereocenters. The molecule has 0 aliphatic heterocycles. The molecule has 0 aliphatic carbocycles. The summed E-state index contributed by atoms with van der Waals surface area (Å²) in [6.45, 7) is 1.46. The Morgan fingerprint density at radius 2 is 2.04 bits per heavy atom. The SMILES string of the molecule is CC(=O)Nc1ccc2nc(NC(=O)c3cccc4cn[nH]c34)sc2c1. The molecule has 2 aromatic carbocycles. The molecule has 4 rings (SSSR count). The number of carbonyl (C=O) groups excluding carboxylic acids is 2. The molecule has 0 saturated carbocycles. The van der Waals surface area contributed by atoms with Crippen molar-refractivity contribution in [3.8, 4) is 0 Å². The van der Waals surface area contributed by atoms with Gasteiger partial charge in [0.25, 0.3) is 5.91 Å². The molecule has 4 aromatic rings. The number of H-pyrrole nitrogens is 1. The van der Waals surface area contributed by atoms with Crippen LogP contribution in [0.25, 0.3) is 21.1 Å². The lowest BCUT2D eigenvalue weighted by Gasteiger charge is -2.02. The second-order valence-electron chi connectivity index (χ2n) is 5.48. The number of amides is 2. The number of fused-ring (bicyclic) bond motifs is 2. The standard InChI is InChI=1S/C17H13N5O2S/c1-9(23)19-11-5-6-13-14(7-11)25-17(20-13)21-16(24)12-4-2-3-10-8-18-22-15(10)12/h2-8H,1H3,(H,18,22)(H,19,23)(H,20,21,24). The van der Waals surface area contributed by atoms with Crippen LogP contribution in [0.3, 0.4) is 0 Å². The summed E-state index contributed by atoms with van der Waals surface area (Å²) >= 11 is 1.35. The quantitative estimate of drug-likeness (QED) is 0.527. The van der Waals surface area contributed by atoms with Gasteiger partial charge in [-0.15, -0.1) is 0 Å². The van der Waals surface area contributed by atoms with Gasteiger partial charge < -0.3 is 5.32 Å². The Morgan fingerprint density at radius 3 is 2.88 bits per heavy atom. The van der Waals surface area contributed by atoms with E-state index in [0.717, 1.165) is 15.6 Å². The van der Waals surface area contributed by atoms with E-state index >= 15 is 0 Å². The van der Waals surface area contributed by atoms with Crippen LogP contribution < -0.4 is 10.6 Å². The van der Waals surface area contributed by atoms with E-state index in [0.29, 0.717) is 21.9 Å². The van der Waals surface area contributed by atoms with Gasteiger partial charge in [-0.1, -0.05) is 23.5 Å². The lowest BCUT2D eigenvalue weighted by atomic mass is 10.1. The first-order valence-electron chi connectivity index (χ1n) is 7.52. The lowest BCUT2D eigenvalue weighted by Crippen LogP contribution is -2.12. The number of hydrogen-bond acceptors (Lipinski definition) is 5. The lowest BCUT2D eigenvalue weighted by molar-refractivity contribution is -0.114. The van der Waals surface area contributed by atoms with E-state index in [2.05, 4.69) is 25.8 Å². The molecule has 0 saturated heterocycles. The van der Waals surface area contributed by atoms with Gasteiger partial charge in [0.1, 0.15) is 0 Å². The molecule has 0 unspecified atom stereocenters. The van der Waals surface area contributed by atoms with Crippen molar-refractivity contribution in [2.75, 3.05) is 10.6 Å². The van der Waals surface area contributed by atoms with Crippen molar-refractivity contribution in [3.63, 3.8) is 0 Å². The fourth-order valence-corrected chi connectivity index (χ4v) is 3.48. The molecule has 2 heterocycles. The van der Waals surface area contributed by atoms with Gasteiger partial charge in [0.2, 0.25) is 5.91 Å². The number of nitrogens with zero attached hydrogens (tertiary/aromatic N) is 2. The minimum Gasteiger partial charge on any atom is -0.326 e. The van der Waals surface area contributed by atoms with Crippen LogP contribution in [0.5, 0.6) is 0 Å². The molecular formula is C17H13N5O2S. The normalized spacial score (nSPS) is 10.9. The summed E-state index contributed by atoms with van der Waals surface area (Å²) in [6.07, 6.45) is 1.67. The van der Waals surface area contributed by atoms with Gasteiger partial charge in [0.05, 0.1) is 27.5 Å². The Labute approximate surface area is 146 Å². The van der Waals surface area contributed by atoms with Crippen molar-refractivity contribution in [3.05, 3.63) is 48.2 Å². The minimum atomic E-state index is -0.254. The van der Waals surface area contributed by atoms with E-state index in [4.69, 9.17) is 0 Å². The van der Waals surface area contributed by atoms with Crippen LogP contribution in [-0.4, -0.2) is 27.0 Å². The summed E-state index contributed by atoms with van der Waals surface area (Å²) in [5.41, 5.74) is 2.65. The third-order valence-electron chi connectivity index (χ3n) is 3.65. The van der Waals surface area contributed by atoms with E-state index in [1.165, 1.54) is 18.3 Å². The van der Waals surface area contributed by atoms with E-state index in [1.807, 2.05) is 24.3 Å². The number of nitrogens with one attached hydrogen (secondary N) is 3. The molecule has 0 bridgehead atoms. The van der Waals surface area contributed by atoms with Crippen molar-refractivity contribution in [2.24, 2.45) is 0 Å². The van der Waals surface area contributed by atoms with Crippen molar-refractivity contribution >= 4 is 55.1 Å². The Kier molecular flexibility index (Phi) is 3.66. The highest BCUT2D eigenvalue weighted by atomic mass is 32.1. The third kappa shape index (κ3) is 2.94. The average Bonchev–Trinajstić information content (AvgIpc) is 3.19. The molecule has 0 fully saturated rings. The highest BCUT2D eigenvalue weighted by Gasteiger charge is 2.14. The van der Waals surface area contributed by atoms with Gasteiger partial charge in [-0.05, 0) is 24.3 Å². The molecule has 2 aromatic heterocycles. The molecule has 124 valence electrons. The summed E-state index contributed by atoms with van der Waals surface area (Å²) in [7, 11) is 0. The monoisotopic (exact) mass is 351 g/mol. The molecule has 7 nitrogen and oxygen atoms in total. The molecule has 8 heteroatoms. The van der Waals surface area contributed by atoms with Crippen LogP contribution >= 0.6 is 11.3 Å². The van der Waals surface area contributed by atoms with Crippen molar-refractivity contribution in [2.45, 2.75) is 6.92 Å². The number of rotatable bonds is 3. The molecule has 25 heavy (non-hydrogen) atoms. The fraction of sp³-hybridized carbons (Fsp3) is 0.0588. The van der Waals surface area contributed by atoms with Crippen LogP contribution in [0.15, 0.2) is 42.6 Å². The average molecular weight is 351 g/mol. The van der Waals surface area contributed by atoms with Crippen LogP contribution in [0.4, 0.5) is 10.8 Å². The Morgan fingerprint density at radius 1 is 1.16 bits per heavy atom. The summed E-state index contributed by atoms with van der Waals surface area (Å²) in [5, 5.41) is 13.7. The number of hydrogen-bond donors (Lipinski definition) is 3. The van der Waals surface area contributed by atoms with Crippen molar-refractivity contribution in [1.29, 1.82) is 0 Å². The van der Waals surface area contributed by atoms with Crippen LogP contribution in [0.1, 0.15) is 17.3 Å². The second-order valence-corrected chi connectivity index (χ2v) is 6.51. The van der Waals surface area contributed by atoms with Gasteiger partial charge in [-0.3, -0.25) is 20.0 Å². The second kappa shape index (κ2) is 5.99. The summed E-state index contributed by atoms with van der Waals surface area (Å²) in [5.74, 6) is -0.388.